The molecule has 1 aliphatic carbocycles. The van der Waals surface area contributed by atoms with E-state index in [1.54, 1.807) is 0 Å². The van der Waals surface area contributed by atoms with Crippen molar-refractivity contribution in [3.05, 3.63) is 64.5 Å². The topological polar surface area (TPSA) is 51.2 Å². The number of fused-ring (bicyclic) bond motifs is 1. The molecule has 4 rings (SSSR count). The molecule has 0 bridgehead atoms. The van der Waals surface area contributed by atoms with E-state index in [1.807, 2.05) is 41.8 Å². The number of benzene rings is 2. The largest absolute Gasteiger partial charge is 0.494 e. The minimum Gasteiger partial charge on any atom is -0.494 e. The molecule has 4 nitrogen and oxygen atoms in total. The molecule has 0 saturated heterocycles. The maximum absolute atomic E-state index is 12.6. The Morgan fingerprint density at radius 1 is 1.11 bits per heavy atom. The Balaban J connectivity index is 1.43. The summed E-state index contributed by atoms with van der Waals surface area (Å²) in [5.74, 6) is 0.763. The molecule has 28 heavy (non-hydrogen) atoms. The number of nitrogens with zero attached hydrogens (tertiary/aromatic N) is 1. The van der Waals surface area contributed by atoms with Crippen LogP contribution in [0, 0.1) is 0 Å². The van der Waals surface area contributed by atoms with Crippen molar-refractivity contribution in [2.45, 2.75) is 39.0 Å². The number of carbonyl (C=O) groups is 1. The SMILES string of the molecule is CCCOc1ccc(-c2csc(NC(=O)c3ccc4c(c3)CCCC4)n2)cc1. The summed E-state index contributed by atoms with van der Waals surface area (Å²) in [5, 5.41) is 5.52. The highest BCUT2D eigenvalue weighted by Crippen LogP contribution is 2.27. The highest BCUT2D eigenvalue weighted by molar-refractivity contribution is 7.14. The van der Waals surface area contributed by atoms with Gasteiger partial charge < -0.3 is 4.74 Å². The van der Waals surface area contributed by atoms with Gasteiger partial charge in [-0.15, -0.1) is 11.3 Å². The molecule has 1 heterocycles. The zero-order chi connectivity index (χ0) is 19.3. The van der Waals surface area contributed by atoms with Crippen molar-refractivity contribution < 1.29 is 9.53 Å². The predicted molar refractivity (Wildman–Crippen MR) is 114 cm³/mol. The standard InChI is InChI=1S/C23H24N2O2S/c1-2-13-27-20-11-9-17(10-12-20)21-15-28-23(24-21)25-22(26)19-8-7-16-5-3-4-6-18(16)14-19/h7-12,14-15H,2-6,13H2,1H3,(H,24,25,26). The monoisotopic (exact) mass is 392 g/mol. The number of hydrogen-bond donors (Lipinski definition) is 1. The van der Waals surface area contributed by atoms with Crippen molar-refractivity contribution in [2.24, 2.45) is 0 Å². The van der Waals surface area contributed by atoms with Gasteiger partial charge in [0.1, 0.15) is 5.75 Å². The number of aryl methyl sites for hydroxylation is 2. The van der Waals surface area contributed by atoms with Gasteiger partial charge in [-0.3, -0.25) is 10.1 Å². The van der Waals surface area contributed by atoms with Crippen LogP contribution in [-0.4, -0.2) is 17.5 Å². The lowest BCUT2D eigenvalue weighted by Crippen LogP contribution is -2.13. The minimum absolute atomic E-state index is 0.0995. The van der Waals surface area contributed by atoms with Gasteiger partial charge >= 0.3 is 0 Å². The Morgan fingerprint density at radius 3 is 2.68 bits per heavy atom. The van der Waals surface area contributed by atoms with Crippen molar-refractivity contribution in [1.29, 1.82) is 0 Å². The molecule has 0 radical (unpaired) electrons. The van der Waals surface area contributed by atoms with Gasteiger partial charge in [-0.1, -0.05) is 13.0 Å². The zero-order valence-electron chi connectivity index (χ0n) is 16.0. The molecule has 0 unspecified atom stereocenters. The van der Waals surface area contributed by atoms with Gasteiger partial charge in [0, 0.05) is 16.5 Å². The average Bonchev–Trinajstić information content (AvgIpc) is 3.20. The molecule has 0 atom stereocenters. The summed E-state index contributed by atoms with van der Waals surface area (Å²) in [5.41, 5.74) is 5.26. The number of carbonyl (C=O) groups excluding carboxylic acids is 1. The third-order valence-electron chi connectivity index (χ3n) is 4.96. The highest BCUT2D eigenvalue weighted by atomic mass is 32.1. The van der Waals surface area contributed by atoms with E-state index in [1.165, 1.54) is 35.3 Å². The maximum Gasteiger partial charge on any atom is 0.257 e. The molecule has 0 fully saturated rings. The van der Waals surface area contributed by atoms with Crippen LogP contribution in [0.2, 0.25) is 0 Å². The van der Waals surface area contributed by atoms with Crippen molar-refractivity contribution >= 4 is 22.4 Å². The van der Waals surface area contributed by atoms with Crippen LogP contribution >= 0.6 is 11.3 Å². The van der Waals surface area contributed by atoms with E-state index in [0.29, 0.717) is 10.7 Å². The first-order valence-electron chi connectivity index (χ1n) is 9.85. The van der Waals surface area contributed by atoms with Crippen LogP contribution in [0.25, 0.3) is 11.3 Å². The lowest BCUT2D eigenvalue weighted by Gasteiger charge is -2.16. The molecule has 1 aromatic heterocycles. The summed E-state index contributed by atoms with van der Waals surface area (Å²) in [6.07, 6.45) is 5.62. The molecule has 1 N–H and O–H groups in total. The fourth-order valence-corrected chi connectivity index (χ4v) is 4.16. The van der Waals surface area contributed by atoms with Crippen LogP contribution in [-0.2, 0) is 12.8 Å². The fourth-order valence-electron chi connectivity index (χ4n) is 3.45. The molecular weight excluding hydrogens is 368 g/mol. The summed E-state index contributed by atoms with van der Waals surface area (Å²) >= 11 is 1.44. The molecule has 1 aliphatic rings. The van der Waals surface area contributed by atoms with E-state index in [-0.39, 0.29) is 5.91 Å². The number of amides is 1. The second kappa shape index (κ2) is 8.57. The first kappa shape index (κ1) is 18.7. The van der Waals surface area contributed by atoms with Crippen LogP contribution in [0.3, 0.4) is 0 Å². The molecule has 144 valence electrons. The van der Waals surface area contributed by atoms with Crippen molar-refractivity contribution in [1.82, 2.24) is 4.98 Å². The average molecular weight is 393 g/mol. The fraction of sp³-hybridized carbons (Fsp3) is 0.304. The van der Waals surface area contributed by atoms with Gasteiger partial charge in [0.05, 0.1) is 12.3 Å². The Morgan fingerprint density at radius 2 is 1.89 bits per heavy atom. The number of rotatable bonds is 6. The molecule has 2 aromatic carbocycles. The Bertz CT molecular complexity index is 963. The van der Waals surface area contributed by atoms with Crippen LogP contribution in [0.4, 0.5) is 5.13 Å². The highest BCUT2D eigenvalue weighted by Gasteiger charge is 2.14. The third kappa shape index (κ3) is 4.25. The number of anilines is 1. The second-order valence-corrected chi connectivity index (χ2v) is 7.91. The molecule has 5 heteroatoms. The summed E-state index contributed by atoms with van der Waals surface area (Å²) < 4.78 is 5.62. The van der Waals surface area contributed by atoms with E-state index in [0.717, 1.165) is 42.9 Å². The summed E-state index contributed by atoms with van der Waals surface area (Å²) in [6.45, 7) is 2.80. The minimum atomic E-state index is -0.0995. The molecule has 1 amide bonds. The number of nitrogens with one attached hydrogen (secondary N) is 1. The Hall–Kier alpha value is -2.66. The van der Waals surface area contributed by atoms with E-state index < -0.39 is 0 Å². The second-order valence-electron chi connectivity index (χ2n) is 7.06. The van der Waals surface area contributed by atoms with E-state index in [4.69, 9.17) is 4.74 Å². The quantitative estimate of drug-likeness (QED) is 0.583. The first-order chi connectivity index (χ1) is 13.7. The lowest BCUT2D eigenvalue weighted by atomic mass is 9.90. The van der Waals surface area contributed by atoms with Crippen LogP contribution in [0.5, 0.6) is 5.75 Å². The van der Waals surface area contributed by atoms with E-state index in [2.05, 4.69) is 23.3 Å². The van der Waals surface area contributed by atoms with Gasteiger partial charge in [0.2, 0.25) is 0 Å². The number of ether oxygens (including phenoxy) is 1. The third-order valence-corrected chi connectivity index (χ3v) is 5.72. The lowest BCUT2D eigenvalue weighted by molar-refractivity contribution is 0.102. The van der Waals surface area contributed by atoms with Crippen molar-refractivity contribution in [2.75, 3.05) is 11.9 Å². The molecule has 0 spiro atoms. The first-order valence-corrected chi connectivity index (χ1v) is 10.7. The number of aromatic nitrogens is 1. The van der Waals surface area contributed by atoms with Gasteiger partial charge in [0.25, 0.3) is 5.91 Å². The molecular formula is C23H24N2O2S. The predicted octanol–water partition coefficient (Wildman–Crippen LogP) is 5.73. The Kier molecular flexibility index (Phi) is 5.72. The molecule has 0 saturated carbocycles. The molecule has 3 aromatic rings. The zero-order valence-corrected chi connectivity index (χ0v) is 16.8. The summed E-state index contributed by atoms with van der Waals surface area (Å²) in [6, 6.07) is 13.9. The van der Waals surface area contributed by atoms with Crippen LogP contribution in [0.15, 0.2) is 47.8 Å². The van der Waals surface area contributed by atoms with Crippen molar-refractivity contribution in [3.63, 3.8) is 0 Å². The van der Waals surface area contributed by atoms with Crippen LogP contribution < -0.4 is 10.1 Å². The Labute approximate surface area is 169 Å². The smallest absolute Gasteiger partial charge is 0.257 e. The maximum atomic E-state index is 12.6. The number of thiazole rings is 1. The van der Waals surface area contributed by atoms with E-state index >= 15 is 0 Å². The van der Waals surface area contributed by atoms with Gasteiger partial charge in [-0.25, -0.2) is 4.98 Å². The summed E-state index contributed by atoms with van der Waals surface area (Å²) in [7, 11) is 0. The normalized spacial score (nSPS) is 13.0. The summed E-state index contributed by atoms with van der Waals surface area (Å²) in [4.78, 5) is 17.2. The van der Waals surface area contributed by atoms with E-state index in [9.17, 15) is 4.79 Å². The molecule has 0 aliphatic heterocycles. The van der Waals surface area contributed by atoms with Crippen molar-refractivity contribution in [3.8, 4) is 17.0 Å². The van der Waals surface area contributed by atoms with Gasteiger partial charge in [-0.05, 0) is 79.6 Å². The number of hydrogen-bond acceptors (Lipinski definition) is 4. The van der Waals surface area contributed by atoms with Crippen LogP contribution in [0.1, 0.15) is 47.7 Å². The van der Waals surface area contributed by atoms with Gasteiger partial charge in [-0.2, -0.15) is 0 Å². The van der Waals surface area contributed by atoms with Gasteiger partial charge in [0.15, 0.2) is 5.13 Å².